The number of thiophene rings is 1. The van der Waals surface area contributed by atoms with Gasteiger partial charge in [0.15, 0.2) is 5.82 Å². The molecule has 19 heavy (non-hydrogen) atoms. The Morgan fingerprint density at radius 2 is 2.47 bits per heavy atom. The molecule has 1 saturated heterocycles. The van der Waals surface area contributed by atoms with Crippen molar-refractivity contribution < 1.29 is 4.52 Å². The molecule has 0 radical (unpaired) electrons. The van der Waals surface area contributed by atoms with Gasteiger partial charge in [0.2, 0.25) is 5.89 Å². The zero-order chi connectivity index (χ0) is 13.1. The summed E-state index contributed by atoms with van der Waals surface area (Å²) in [6.07, 6.45) is 4.44. The topological polar surface area (TPSA) is 42.2 Å². The van der Waals surface area contributed by atoms with Crippen LogP contribution in [0.4, 0.5) is 0 Å². The van der Waals surface area contributed by atoms with Crippen LogP contribution in [-0.4, -0.2) is 21.6 Å². The summed E-state index contributed by atoms with van der Waals surface area (Å²) >= 11 is 1.84. The largest absolute Gasteiger partial charge is 0.338 e. The summed E-state index contributed by atoms with van der Waals surface area (Å²) < 4.78 is 5.35. The van der Waals surface area contributed by atoms with Crippen molar-refractivity contribution in [3.05, 3.63) is 34.1 Å². The van der Waals surface area contributed by atoms with E-state index in [0.717, 1.165) is 37.6 Å². The third-order valence-electron chi connectivity index (χ3n) is 3.56. The molecule has 0 amide bonds. The highest BCUT2D eigenvalue weighted by Crippen LogP contribution is 2.35. The Hall–Kier alpha value is -1.20. The van der Waals surface area contributed by atoms with E-state index in [9.17, 15) is 0 Å². The lowest BCUT2D eigenvalue weighted by molar-refractivity contribution is 0.214. The van der Waals surface area contributed by atoms with Gasteiger partial charge in [-0.3, -0.25) is 4.90 Å². The van der Waals surface area contributed by atoms with Crippen LogP contribution in [0.3, 0.4) is 0 Å². The van der Waals surface area contributed by atoms with Crippen LogP contribution >= 0.6 is 11.3 Å². The number of aromatic nitrogens is 2. The summed E-state index contributed by atoms with van der Waals surface area (Å²) in [6, 6.07) is 4.88. The Morgan fingerprint density at radius 3 is 3.26 bits per heavy atom. The van der Waals surface area contributed by atoms with Gasteiger partial charge in [-0.15, -0.1) is 11.3 Å². The second kappa shape index (κ2) is 5.84. The van der Waals surface area contributed by atoms with Crippen molar-refractivity contribution >= 4 is 11.3 Å². The first-order chi connectivity index (χ1) is 9.36. The molecule has 0 N–H and O–H groups in total. The van der Waals surface area contributed by atoms with Crippen molar-refractivity contribution in [3.8, 4) is 0 Å². The van der Waals surface area contributed by atoms with Crippen molar-refractivity contribution in [1.29, 1.82) is 0 Å². The van der Waals surface area contributed by atoms with Gasteiger partial charge < -0.3 is 4.52 Å². The SMILES string of the molecule is CCCc1noc(CN2CCCC2c2cccs2)n1. The highest BCUT2D eigenvalue weighted by atomic mass is 32.1. The minimum atomic E-state index is 0.529. The smallest absolute Gasteiger partial charge is 0.240 e. The van der Waals surface area contributed by atoms with E-state index < -0.39 is 0 Å². The second-order valence-corrected chi connectivity index (χ2v) is 5.98. The molecule has 3 rings (SSSR count). The van der Waals surface area contributed by atoms with E-state index in [1.807, 2.05) is 11.3 Å². The van der Waals surface area contributed by atoms with E-state index in [4.69, 9.17) is 4.52 Å². The predicted octanol–water partition coefficient (Wildman–Crippen LogP) is 3.42. The number of hydrogen-bond donors (Lipinski definition) is 0. The molecule has 0 spiro atoms. The second-order valence-electron chi connectivity index (χ2n) is 5.00. The van der Waals surface area contributed by atoms with Gasteiger partial charge in [0.25, 0.3) is 0 Å². The molecule has 1 unspecified atom stereocenters. The predicted molar refractivity (Wildman–Crippen MR) is 75.0 cm³/mol. The first kappa shape index (κ1) is 12.8. The summed E-state index contributed by atoms with van der Waals surface area (Å²) in [7, 11) is 0. The highest BCUT2D eigenvalue weighted by Gasteiger charge is 2.28. The van der Waals surface area contributed by atoms with E-state index >= 15 is 0 Å². The van der Waals surface area contributed by atoms with E-state index in [2.05, 4.69) is 39.5 Å². The van der Waals surface area contributed by atoms with E-state index in [-0.39, 0.29) is 0 Å². The van der Waals surface area contributed by atoms with Gasteiger partial charge >= 0.3 is 0 Å². The Labute approximate surface area is 117 Å². The minimum absolute atomic E-state index is 0.529. The molecule has 1 aliphatic heterocycles. The fraction of sp³-hybridized carbons (Fsp3) is 0.571. The number of hydrogen-bond acceptors (Lipinski definition) is 5. The van der Waals surface area contributed by atoms with Crippen LogP contribution in [0, 0.1) is 0 Å². The molecule has 2 aromatic rings. The van der Waals surface area contributed by atoms with Crippen LogP contribution in [0.15, 0.2) is 22.0 Å². The molecule has 2 aromatic heterocycles. The van der Waals surface area contributed by atoms with Crippen LogP contribution in [-0.2, 0) is 13.0 Å². The summed E-state index contributed by atoms with van der Waals surface area (Å²) in [5.74, 6) is 1.59. The highest BCUT2D eigenvalue weighted by molar-refractivity contribution is 7.10. The maximum atomic E-state index is 5.35. The first-order valence-corrected chi connectivity index (χ1v) is 7.83. The maximum Gasteiger partial charge on any atom is 0.240 e. The average molecular weight is 277 g/mol. The molecule has 1 fully saturated rings. The molecule has 1 atom stereocenters. The molecular formula is C14H19N3OS. The van der Waals surface area contributed by atoms with Gasteiger partial charge in [-0.05, 0) is 37.3 Å². The summed E-state index contributed by atoms with van der Waals surface area (Å²) in [5, 5.41) is 6.18. The quantitative estimate of drug-likeness (QED) is 0.840. The van der Waals surface area contributed by atoms with E-state index in [1.54, 1.807) is 0 Å². The third-order valence-corrected chi connectivity index (χ3v) is 4.53. The first-order valence-electron chi connectivity index (χ1n) is 6.95. The fourth-order valence-corrected chi connectivity index (χ4v) is 3.57. The molecule has 0 bridgehead atoms. The van der Waals surface area contributed by atoms with Crippen molar-refractivity contribution in [2.24, 2.45) is 0 Å². The van der Waals surface area contributed by atoms with Gasteiger partial charge in [-0.1, -0.05) is 18.1 Å². The molecule has 5 heteroatoms. The number of nitrogens with zero attached hydrogens (tertiary/aromatic N) is 3. The lowest BCUT2D eigenvalue weighted by Gasteiger charge is -2.21. The van der Waals surface area contributed by atoms with Crippen LogP contribution in [0.2, 0.25) is 0 Å². The van der Waals surface area contributed by atoms with Crippen molar-refractivity contribution in [2.75, 3.05) is 6.54 Å². The molecule has 0 saturated carbocycles. The lowest BCUT2D eigenvalue weighted by atomic mass is 10.2. The molecule has 4 nitrogen and oxygen atoms in total. The monoisotopic (exact) mass is 277 g/mol. The Balaban J connectivity index is 1.67. The van der Waals surface area contributed by atoms with Crippen LogP contribution < -0.4 is 0 Å². The third kappa shape index (κ3) is 2.87. The minimum Gasteiger partial charge on any atom is -0.338 e. The van der Waals surface area contributed by atoms with Crippen LogP contribution in [0.5, 0.6) is 0 Å². The van der Waals surface area contributed by atoms with Crippen LogP contribution in [0.1, 0.15) is 48.8 Å². The van der Waals surface area contributed by atoms with Gasteiger partial charge in [-0.2, -0.15) is 4.98 Å². The number of rotatable bonds is 5. The maximum absolute atomic E-state index is 5.35. The van der Waals surface area contributed by atoms with Gasteiger partial charge in [0.1, 0.15) is 0 Å². The van der Waals surface area contributed by atoms with Gasteiger partial charge in [-0.25, -0.2) is 0 Å². The standard InChI is InChI=1S/C14H19N3OS/c1-2-5-13-15-14(18-16-13)10-17-8-3-6-11(17)12-7-4-9-19-12/h4,7,9,11H,2-3,5-6,8,10H2,1H3. The van der Waals surface area contributed by atoms with Crippen molar-refractivity contribution in [2.45, 2.75) is 45.2 Å². The number of aryl methyl sites for hydroxylation is 1. The van der Waals surface area contributed by atoms with Crippen molar-refractivity contribution in [1.82, 2.24) is 15.0 Å². The molecule has 0 aliphatic carbocycles. The lowest BCUT2D eigenvalue weighted by Crippen LogP contribution is -2.22. The van der Waals surface area contributed by atoms with Crippen LogP contribution in [0.25, 0.3) is 0 Å². The summed E-state index contributed by atoms with van der Waals surface area (Å²) in [6.45, 7) is 4.02. The van der Waals surface area contributed by atoms with E-state index in [1.165, 1.54) is 17.7 Å². The fourth-order valence-electron chi connectivity index (χ4n) is 2.67. The average Bonchev–Trinajstić information content (AvgIpc) is 3.11. The number of likely N-dealkylation sites (tertiary alicyclic amines) is 1. The Morgan fingerprint density at radius 1 is 1.53 bits per heavy atom. The summed E-state index contributed by atoms with van der Waals surface area (Å²) in [5.41, 5.74) is 0. The zero-order valence-corrected chi connectivity index (χ0v) is 12.0. The van der Waals surface area contributed by atoms with Crippen molar-refractivity contribution in [3.63, 3.8) is 0 Å². The molecule has 0 aromatic carbocycles. The molecule has 102 valence electrons. The Bertz CT molecular complexity index is 509. The molecule has 1 aliphatic rings. The van der Waals surface area contributed by atoms with Gasteiger partial charge in [0, 0.05) is 17.3 Å². The van der Waals surface area contributed by atoms with Gasteiger partial charge in [0.05, 0.1) is 6.54 Å². The Kier molecular flexibility index (Phi) is 3.94. The molecule has 3 heterocycles. The molecular weight excluding hydrogens is 258 g/mol. The summed E-state index contributed by atoms with van der Waals surface area (Å²) in [4.78, 5) is 8.37. The van der Waals surface area contributed by atoms with E-state index in [0.29, 0.717) is 6.04 Å². The zero-order valence-electron chi connectivity index (χ0n) is 11.2. The normalized spacial score (nSPS) is 20.2.